The van der Waals surface area contributed by atoms with Crippen molar-refractivity contribution in [3.05, 3.63) is 28.0 Å². The molecule has 0 atom stereocenters. The highest BCUT2D eigenvalue weighted by Gasteiger charge is 2.16. The van der Waals surface area contributed by atoms with Crippen molar-refractivity contribution < 1.29 is 4.42 Å². The largest absolute Gasteiger partial charge is 0.443 e. The Balaban J connectivity index is 2.40. The quantitative estimate of drug-likeness (QED) is 0.676. The minimum absolute atomic E-state index is 0.00773. The van der Waals surface area contributed by atoms with E-state index in [9.17, 15) is 4.79 Å². The second-order valence-electron chi connectivity index (χ2n) is 3.74. The summed E-state index contributed by atoms with van der Waals surface area (Å²) < 4.78 is 7.08. The molecule has 5 nitrogen and oxygen atoms in total. The van der Waals surface area contributed by atoms with Gasteiger partial charge in [0.25, 0.3) is 5.56 Å². The highest BCUT2D eigenvalue weighted by atomic mass is 16.3. The van der Waals surface area contributed by atoms with Gasteiger partial charge in [0.2, 0.25) is 5.71 Å². The van der Waals surface area contributed by atoms with Gasteiger partial charge in [-0.05, 0) is 13.0 Å². The molecule has 0 fully saturated rings. The first kappa shape index (κ1) is 8.67. The van der Waals surface area contributed by atoms with E-state index < -0.39 is 0 Å². The Kier molecular flexibility index (Phi) is 1.70. The number of hydrogen-bond acceptors (Lipinski definition) is 4. The summed E-state index contributed by atoms with van der Waals surface area (Å²) in [4.78, 5) is 16.4. The number of furan rings is 1. The van der Waals surface area contributed by atoms with Gasteiger partial charge in [-0.15, -0.1) is 0 Å². The molecule has 0 spiro atoms. The maximum absolute atomic E-state index is 12.0. The first-order chi connectivity index (χ1) is 7.25. The summed E-state index contributed by atoms with van der Waals surface area (Å²) in [7, 11) is 0. The molecule has 3 heterocycles. The van der Waals surface area contributed by atoms with Crippen LogP contribution in [-0.4, -0.2) is 16.1 Å². The highest BCUT2D eigenvalue weighted by Crippen LogP contribution is 2.14. The number of aromatic nitrogens is 2. The first-order valence-electron chi connectivity index (χ1n) is 4.96. The molecule has 78 valence electrons. The third-order valence-electron chi connectivity index (χ3n) is 2.65. The van der Waals surface area contributed by atoms with Gasteiger partial charge in [-0.25, -0.2) is 0 Å². The van der Waals surface area contributed by atoms with Crippen LogP contribution in [0.4, 0.5) is 0 Å². The van der Waals surface area contributed by atoms with Crippen LogP contribution >= 0.6 is 0 Å². The van der Waals surface area contributed by atoms with E-state index in [1.807, 2.05) is 6.92 Å². The predicted molar refractivity (Wildman–Crippen MR) is 54.7 cm³/mol. The second kappa shape index (κ2) is 2.93. The molecule has 3 rings (SSSR count). The smallest absolute Gasteiger partial charge is 0.264 e. The van der Waals surface area contributed by atoms with Gasteiger partial charge >= 0.3 is 0 Å². The zero-order chi connectivity index (χ0) is 10.4. The molecule has 0 aliphatic carbocycles. The monoisotopic (exact) mass is 205 g/mol. The Labute approximate surface area is 85.7 Å². The van der Waals surface area contributed by atoms with Gasteiger partial charge in [-0.1, -0.05) is 0 Å². The maximum Gasteiger partial charge on any atom is 0.264 e. The minimum atomic E-state index is 0.00773. The standard InChI is InChI=1S/C10H11N3O2/c1-6-4-7-9(15-6)12-8-5-11-2-3-13(8)10(7)14/h4,11H,2-3,5H2,1H3. The van der Waals surface area contributed by atoms with Gasteiger partial charge in [0.1, 0.15) is 17.0 Å². The van der Waals surface area contributed by atoms with E-state index in [4.69, 9.17) is 4.42 Å². The average Bonchev–Trinajstić information content (AvgIpc) is 2.59. The number of aryl methyl sites for hydroxylation is 1. The van der Waals surface area contributed by atoms with Crippen LogP contribution in [0.5, 0.6) is 0 Å². The molecule has 5 heteroatoms. The van der Waals surface area contributed by atoms with Crippen LogP contribution < -0.4 is 10.9 Å². The van der Waals surface area contributed by atoms with E-state index in [0.29, 0.717) is 24.2 Å². The molecule has 1 aliphatic rings. The van der Waals surface area contributed by atoms with Crippen molar-refractivity contribution in [2.45, 2.75) is 20.0 Å². The van der Waals surface area contributed by atoms with Gasteiger partial charge in [-0.2, -0.15) is 4.98 Å². The number of hydrogen-bond donors (Lipinski definition) is 1. The summed E-state index contributed by atoms with van der Waals surface area (Å²) >= 11 is 0. The molecule has 0 unspecified atom stereocenters. The van der Waals surface area contributed by atoms with E-state index in [1.54, 1.807) is 10.6 Å². The third-order valence-corrected chi connectivity index (χ3v) is 2.65. The molecular weight excluding hydrogens is 194 g/mol. The van der Waals surface area contributed by atoms with Crippen molar-refractivity contribution in [2.24, 2.45) is 0 Å². The first-order valence-corrected chi connectivity index (χ1v) is 4.96. The van der Waals surface area contributed by atoms with Gasteiger partial charge in [0.05, 0.1) is 6.54 Å². The summed E-state index contributed by atoms with van der Waals surface area (Å²) in [6, 6.07) is 1.75. The topological polar surface area (TPSA) is 60.1 Å². The van der Waals surface area contributed by atoms with Gasteiger partial charge < -0.3 is 9.73 Å². The highest BCUT2D eigenvalue weighted by molar-refractivity contribution is 5.72. The average molecular weight is 205 g/mol. The molecule has 0 saturated heterocycles. The zero-order valence-electron chi connectivity index (χ0n) is 8.41. The van der Waals surface area contributed by atoms with Crippen molar-refractivity contribution in [3.63, 3.8) is 0 Å². The Morgan fingerprint density at radius 2 is 2.47 bits per heavy atom. The fourth-order valence-corrected chi connectivity index (χ4v) is 1.93. The summed E-state index contributed by atoms with van der Waals surface area (Å²) in [5.41, 5.74) is 0.459. The lowest BCUT2D eigenvalue weighted by molar-refractivity contribution is 0.478. The van der Waals surface area contributed by atoms with Crippen molar-refractivity contribution in [1.29, 1.82) is 0 Å². The number of fused-ring (bicyclic) bond motifs is 2. The zero-order valence-corrected chi connectivity index (χ0v) is 8.41. The maximum atomic E-state index is 12.0. The number of nitrogens with zero attached hydrogens (tertiary/aromatic N) is 2. The van der Waals surface area contributed by atoms with Gasteiger partial charge in [0, 0.05) is 13.1 Å². The van der Waals surface area contributed by atoms with Crippen LogP contribution in [0.2, 0.25) is 0 Å². The molecule has 1 aliphatic heterocycles. The lowest BCUT2D eigenvalue weighted by atomic mass is 10.3. The molecule has 0 amide bonds. The summed E-state index contributed by atoms with van der Waals surface area (Å²) in [6.07, 6.45) is 0. The number of nitrogens with one attached hydrogen (secondary N) is 1. The molecule has 0 aromatic carbocycles. The molecule has 0 saturated carbocycles. The van der Waals surface area contributed by atoms with E-state index >= 15 is 0 Å². The minimum Gasteiger partial charge on any atom is -0.443 e. The fraction of sp³-hybridized carbons (Fsp3) is 0.400. The Hall–Kier alpha value is -1.62. The SMILES string of the molecule is Cc1cc2c(=O)n3c(nc2o1)CNCC3. The van der Waals surface area contributed by atoms with Gasteiger partial charge in [0.15, 0.2) is 0 Å². The molecule has 1 N–H and O–H groups in total. The van der Waals surface area contributed by atoms with Crippen LogP contribution in [0, 0.1) is 6.92 Å². The number of rotatable bonds is 0. The van der Waals surface area contributed by atoms with E-state index in [-0.39, 0.29) is 5.56 Å². The Bertz CT molecular complexity index is 582. The molecule has 0 bridgehead atoms. The van der Waals surface area contributed by atoms with Crippen molar-refractivity contribution >= 4 is 11.1 Å². The van der Waals surface area contributed by atoms with Crippen LogP contribution in [0.25, 0.3) is 11.1 Å². The molecule has 2 aromatic heterocycles. The third kappa shape index (κ3) is 1.20. The van der Waals surface area contributed by atoms with Crippen LogP contribution in [0.15, 0.2) is 15.3 Å². The van der Waals surface area contributed by atoms with Crippen molar-refractivity contribution in [1.82, 2.24) is 14.9 Å². The van der Waals surface area contributed by atoms with Crippen LogP contribution in [0.1, 0.15) is 11.6 Å². The molecular formula is C10H11N3O2. The van der Waals surface area contributed by atoms with Crippen LogP contribution in [0.3, 0.4) is 0 Å². The van der Waals surface area contributed by atoms with Gasteiger partial charge in [-0.3, -0.25) is 9.36 Å². The summed E-state index contributed by atoms with van der Waals surface area (Å²) in [6.45, 7) is 3.95. The molecule has 15 heavy (non-hydrogen) atoms. The van der Waals surface area contributed by atoms with E-state index in [1.165, 1.54) is 0 Å². The van der Waals surface area contributed by atoms with E-state index in [0.717, 1.165) is 18.1 Å². The predicted octanol–water partition coefficient (Wildman–Crippen LogP) is 0.401. The van der Waals surface area contributed by atoms with Crippen LogP contribution in [-0.2, 0) is 13.1 Å². The van der Waals surface area contributed by atoms with Crippen molar-refractivity contribution in [3.8, 4) is 0 Å². The Morgan fingerprint density at radius 3 is 3.33 bits per heavy atom. The Morgan fingerprint density at radius 1 is 1.60 bits per heavy atom. The molecule has 0 radical (unpaired) electrons. The fourth-order valence-electron chi connectivity index (χ4n) is 1.93. The van der Waals surface area contributed by atoms with Crippen molar-refractivity contribution in [2.75, 3.05) is 6.54 Å². The second-order valence-corrected chi connectivity index (χ2v) is 3.74. The normalized spacial score (nSPS) is 15.5. The molecule has 2 aromatic rings. The summed E-state index contributed by atoms with van der Waals surface area (Å²) in [5, 5.41) is 3.76. The lowest BCUT2D eigenvalue weighted by Gasteiger charge is -2.17. The summed E-state index contributed by atoms with van der Waals surface area (Å²) in [5.74, 6) is 1.48. The lowest BCUT2D eigenvalue weighted by Crippen LogP contribution is -2.36. The van der Waals surface area contributed by atoms with E-state index in [2.05, 4.69) is 10.3 Å².